The van der Waals surface area contributed by atoms with E-state index in [0.717, 1.165) is 19.6 Å². The van der Waals surface area contributed by atoms with Gasteiger partial charge in [0, 0.05) is 25.9 Å². The molecule has 0 amide bonds. The Morgan fingerprint density at radius 3 is 2.64 bits per heavy atom. The van der Waals surface area contributed by atoms with Crippen molar-refractivity contribution in [1.82, 2.24) is 0 Å². The van der Waals surface area contributed by atoms with Crippen LogP contribution < -0.4 is 5.32 Å². The van der Waals surface area contributed by atoms with E-state index in [-0.39, 0.29) is 0 Å². The summed E-state index contributed by atoms with van der Waals surface area (Å²) in [4.78, 5) is 0. The van der Waals surface area contributed by atoms with Crippen LogP contribution in [-0.4, -0.2) is 20.3 Å². The lowest BCUT2D eigenvalue weighted by atomic mass is 10.1. The van der Waals surface area contributed by atoms with Gasteiger partial charge in [-0.25, -0.2) is 0 Å². The standard InChI is InChI=1S/C12H19NO/c1-11(10-14-2)8-9-13-12-6-4-3-5-7-12/h3-7,11,13H,8-10H2,1-2H3. The summed E-state index contributed by atoms with van der Waals surface area (Å²) in [6.07, 6.45) is 1.14. The molecule has 1 aromatic rings. The van der Waals surface area contributed by atoms with E-state index in [2.05, 4.69) is 24.4 Å². The van der Waals surface area contributed by atoms with Crippen LogP contribution in [0.1, 0.15) is 13.3 Å². The number of rotatable bonds is 6. The first-order valence-electron chi connectivity index (χ1n) is 5.11. The molecule has 0 fully saturated rings. The highest BCUT2D eigenvalue weighted by Crippen LogP contribution is 2.07. The van der Waals surface area contributed by atoms with Crippen molar-refractivity contribution in [2.75, 3.05) is 25.6 Å². The minimum Gasteiger partial charge on any atom is -0.385 e. The second kappa shape index (κ2) is 6.44. The monoisotopic (exact) mass is 193 g/mol. The van der Waals surface area contributed by atoms with Gasteiger partial charge >= 0.3 is 0 Å². The van der Waals surface area contributed by atoms with E-state index in [0.29, 0.717) is 5.92 Å². The first-order chi connectivity index (χ1) is 6.83. The Hall–Kier alpha value is -1.02. The highest BCUT2D eigenvalue weighted by Gasteiger charge is 1.99. The van der Waals surface area contributed by atoms with Crippen LogP contribution in [0.3, 0.4) is 0 Å². The summed E-state index contributed by atoms with van der Waals surface area (Å²) in [5, 5.41) is 3.38. The average molecular weight is 193 g/mol. The second-order valence-electron chi connectivity index (χ2n) is 3.64. The highest BCUT2D eigenvalue weighted by atomic mass is 16.5. The van der Waals surface area contributed by atoms with E-state index < -0.39 is 0 Å². The highest BCUT2D eigenvalue weighted by molar-refractivity contribution is 5.42. The molecule has 1 atom stereocenters. The molecular weight excluding hydrogens is 174 g/mol. The Morgan fingerprint density at radius 2 is 2.00 bits per heavy atom. The fourth-order valence-corrected chi connectivity index (χ4v) is 1.39. The molecule has 0 heterocycles. The molecule has 1 unspecified atom stereocenters. The van der Waals surface area contributed by atoms with Crippen molar-refractivity contribution in [3.05, 3.63) is 30.3 Å². The predicted molar refractivity (Wildman–Crippen MR) is 60.6 cm³/mol. The van der Waals surface area contributed by atoms with Crippen LogP contribution >= 0.6 is 0 Å². The zero-order valence-corrected chi connectivity index (χ0v) is 8.99. The van der Waals surface area contributed by atoms with Gasteiger partial charge in [-0.2, -0.15) is 0 Å². The number of hydrogen-bond acceptors (Lipinski definition) is 2. The van der Waals surface area contributed by atoms with Gasteiger partial charge in [-0.3, -0.25) is 0 Å². The summed E-state index contributed by atoms with van der Waals surface area (Å²) in [5.41, 5.74) is 1.19. The van der Waals surface area contributed by atoms with Gasteiger partial charge in [-0.05, 0) is 24.5 Å². The topological polar surface area (TPSA) is 21.3 Å². The molecule has 0 aliphatic heterocycles. The molecule has 1 N–H and O–H groups in total. The molecule has 2 heteroatoms. The molecule has 0 saturated carbocycles. The van der Waals surface area contributed by atoms with Crippen LogP contribution in [0.15, 0.2) is 30.3 Å². The maximum atomic E-state index is 5.08. The third-order valence-corrected chi connectivity index (χ3v) is 2.19. The first kappa shape index (κ1) is 11.1. The zero-order valence-electron chi connectivity index (χ0n) is 8.99. The van der Waals surface area contributed by atoms with Gasteiger partial charge in [0.1, 0.15) is 0 Å². The number of ether oxygens (including phenoxy) is 1. The maximum absolute atomic E-state index is 5.08. The quantitative estimate of drug-likeness (QED) is 0.750. The molecule has 0 aliphatic rings. The zero-order chi connectivity index (χ0) is 10.2. The lowest BCUT2D eigenvalue weighted by Gasteiger charge is -2.11. The van der Waals surface area contributed by atoms with Crippen LogP contribution in [0.5, 0.6) is 0 Å². The van der Waals surface area contributed by atoms with Crippen molar-refractivity contribution in [2.24, 2.45) is 5.92 Å². The smallest absolute Gasteiger partial charge is 0.0488 e. The van der Waals surface area contributed by atoms with Crippen molar-refractivity contribution in [3.8, 4) is 0 Å². The lowest BCUT2D eigenvalue weighted by molar-refractivity contribution is 0.157. The van der Waals surface area contributed by atoms with Gasteiger partial charge in [0.2, 0.25) is 0 Å². The average Bonchev–Trinajstić information content (AvgIpc) is 2.20. The molecule has 14 heavy (non-hydrogen) atoms. The number of hydrogen-bond donors (Lipinski definition) is 1. The predicted octanol–water partition coefficient (Wildman–Crippen LogP) is 2.77. The molecule has 0 aromatic heterocycles. The normalized spacial score (nSPS) is 12.4. The molecule has 0 spiro atoms. The molecule has 0 bridgehead atoms. The van der Waals surface area contributed by atoms with Crippen LogP contribution in [0.25, 0.3) is 0 Å². The maximum Gasteiger partial charge on any atom is 0.0488 e. The summed E-state index contributed by atoms with van der Waals surface area (Å²) >= 11 is 0. The summed E-state index contributed by atoms with van der Waals surface area (Å²) < 4.78 is 5.08. The molecular formula is C12H19NO. The minimum absolute atomic E-state index is 0.621. The van der Waals surface area contributed by atoms with E-state index in [9.17, 15) is 0 Å². The summed E-state index contributed by atoms with van der Waals surface area (Å²) in [5.74, 6) is 0.621. The van der Waals surface area contributed by atoms with E-state index in [4.69, 9.17) is 4.74 Å². The van der Waals surface area contributed by atoms with Gasteiger partial charge < -0.3 is 10.1 Å². The molecule has 0 saturated heterocycles. The Bertz CT molecular complexity index is 235. The van der Waals surface area contributed by atoms with Gasteiger partial charge in [0.25, 0.3) is 0 Å². The van der Waals surface area contributed by atoms with Crippen LogP contribution in [0.4, 0.5) is 5.69 Å². The summed E-state index contributed by atoms with van der Waals surface area (Å²) in [6.45, 7) is 4.06. The molecule has 2 nitrogen and oxygen atoms in total. The van der Waals surface area contributed by atoms with E-state index in [1.807, 2.05) is 18.2 Å². The Balaban J connectivity index is 2.16. The van der Waals surface area contributed by atoms with Crippen LogP contribution in [0, 0.1) is 5.92 Å². The van der Waals surface area contributed by atoms with Gasteiger partial charge in [-0.1, -0.05) is 25.1 Å². The number of para-hydroxylation sites is 1. The van der Waals surface area contributed by atoms with Gasteiger partial charge in [0.05, 0.1) is 0 Å². The summed E-state index contributed by atoms with van der Waals surface area (Å²) in [6, 6.07) is 10.3. The Kier molecular flexibility index (Phi) is 5.08. The SMILES string of the molecule is COCC(C)CCNc1ccccc1. The van der Waals surface area contributed by atoms with Crippen molar-refractivity contribution < 1.29 is 4.74 Å². The van der Waals surface area contributed by atoms with Crippen LogP contribution in [-0.2, 0) is 4.74 Å². The largest absolute Gasteiger partial charge is 0.385 e. The van der Waals surface area contributed by atoms with Crippen molar-refractivity contribution in [1.29, 1.82) is 0 Å². The van der Waals surface area contributed by atoms with E-state index in [1.165, 1.54) is 5.69 Å². The Morgan fingerprint density at radius 1 is 1.29 bits per heavy atom. The molecule has 0 aliphatic carbocycles. The number of methoxy groups -OCH3 is 1. The number of nitrogens with one attached hydrogen (secondary N) is 1. The minimum atomic E-state index is 0.621. The summed E-state index contributed by atoms with van der Waals surface area (Å²) in [7, 11) is 1.75. The van der Waals surface area contributed by atoms with Crippen LogP contribution in [0.2, 0.25) is 0 Å². The van der Waals surface area contributed by atoms with Crippen molar-refractivity contribution in [2.45, 2.75) is 13.3 Å². The lowest BCUT2D eigenvalue weighted by Crippen LogP contribution is -2.10. The van der Waals surface area contributed by atoms with Gasteiger partial charge in [-0.15, -0.1) is 0 Å². The second-order valence-corrected chi connectivity index (χ2v) is 3.64. The van der Waals surface area contributed by atoms with E-state index >= 15 is 0 Å². The number of benzene rings is 1. The third kappa shape index (κ3) is 4.28. The number of anilines is 1. The fraction of sp³-hybridized carbons (Fsp3) is 0.500. The Labute approximate surface area is 86.3 Å². The van der Waals surface area contributed by atoms with E-state index in [1.54, 1.807) is 7.11 Å². The van der Waals surface area contributed by atoms with Crippen molar-refractivity contribution >= 4 is 5.69 Å². The first-order valence-corrected chi connectivity index (χ1v) is 5.11. The molecule has 0 radical (unpaired) electrons. The fourth-order valence-electron chi connectivity index (χ4n) is 1.39. The molecule has 1 rings (SSSR count). The molecule has 1 aromatic carbocycles. The third-order valence-electron chi connectivity index (χ3n) is 2.19. The molecule has 78 valence electrons. The van der Waals surface area contributed by atoms with Gasteiger partial charge in [0.15, 0.2) is 0 Å². The van der Waals surface area contributed by atoms with Crippen molar-refractivity contribution in [3.63, 3.8) is 0 Å².